The normalized spacial score (nSPS) is 19.9. The SMILES string of the molecule is CC1CCCCN1C(=O)C=Cc1c(Cl)cccc1Cl. The van der Waals surface area contributed by atoms with Gasteiger partial charge in [-0.25, -0.2) is 0 Å². The minimum absolute atomic E-state index is 0.0307. The average Bonchev–Trinajstić information content (AvgIpc) is 2.38. The number of benzene rings is 1. The van der Waals surface area contributed by atoms with E-state index in [0.717, 1.165) is 19.4 Å². The number of hydrogen-bond donors (Lipinski definition) is 0. The zero-order valence-electron chi connectivity index (χ0n) is 10.9. The number of piperidine rings is 1. The van der Waals surface area contributed by atoms with E-state index in [1.165, 1.54) is 6.42 Å². The standard InChI is InChI=1S/C15H17Cl2NO/c1-11-5-2-3-10-18(11)15(19)9-8-12-13(16)6-4-7-14(12)17/h4,6-9,11H,2-3,5,10H2,1H3. The first-order chi connectivity index (χ1) is 9.09. The second-order valence-corrected chi connectivity index (χ2v) is 5.66. The molecular weight excluding hydrogens is 281 g/mol. The topological polar surface area (TPSA) is 20.3 Å². The molecule has 0 N–H and O–H groups in total. The summed E-state index contributed by atoms with van der Waals surface area (Å²) in [6.45, 7) is 2.92. The zero-order chi connectivity index (χ0) is 13.8. The van der Waals surface area contributed by atoms with Gasteiger partial charge in [-0.3, -0.25) is 4.79 Å². The predicted octanol–water partition coefficient (Wildman–Crippen LogP) is 4.41. The number of halogens is 2. The molecule has 1 aliphatic rings. The van der Waals surface area contributed by atoms with Crippen LogP contribution in [0.1, 0.15) is 31.7 Å². The third-order valence-corrected chi connectivity index (χ3v) is 4.14. The highest BCUT2D eigenvalue weighted by atomic mass is 35.5. The van der Waals surface area contributed by atoms with Gasteiger partial charge in [0, 0.05) is 34.3 Å². The molecule has 1 unspecified atom stereocenters. The molecule has 1 amide bonds. The van der Waals surface area contributed by atoms with Crippen LogP contribution in [0.2, 0.25) is 10.0 Å². The van der Waals surface area contributed by atoms with Gasteiger partial charge in [-0.15, -0.1) is 0 Å². The summed E-state index contributed by atoms with van der Waals surface area (Å²) in [5.41, 5.74) is 0.698. The third-order valence-electron chi connectivity index (χ3n) is 3.48. The van der Waals surface area contributed by atoms with Crippen molar-refractivity contribution in [2.45, 2.75) is 32.2 Å². The zero-order valence-corrected chi connectivity index (χ0v) is 12.4. The maximum Gasteiger partial charge on any atom is 0.246 e. The molecule has 1 aromatic carbocycles. The number of carbonyl (C=O) groups excluding carboxylic acids is 1. The van der Waals surface area contributed by atoms with Gasteiger partial charge in [0.05, 0.1) is 0 Å². The number of likely N-dealkylation sites (tertiary alicyclic amines) is 1. The van der Waals surface area contributed by atoms with Gasteiger partial charge < -0.3 is 4.90 Å². The Kier molecular flexibility index (Phi) is 4.89. The molecule has 1 atom stereocenters. The van der Waals surface area contributed by atoms with E-state index in [4.69, 9.17) is 23.2 Å². The summed E-state index contributed by atoms with van der Waals surface area (Å²) in [7, 11) is 0. The van der Waals surface area contributed by atoms with E-state index in [0.29, 0.717) is 21.7 Å². The molecule has 0 aliphatic carbocycles. The largest absolute Gasteiger partial charge is 0.336 e. The van der Waals surface area contributed by atoms with Crippen LogP contribution >= 0.6 is 23.2 Å². The fourth-order valence-corrected chi connectivity index (χ4v) is 2.87. The van der Waals surface area contributed by atoms with Gasteiger partial charge in [0.15, 0.2) is 0 Å². The molecule has 0 aromatic heterocycles. The van der Waals surface area contributed by atoms with E-state index in [9.17, 15) is 4.79 Å². The van der Waals surface area contributed by atoms with Crippen LogP contribution in [-0.2, 0) is 4.79 Å². The number of hydrogen-bond acceptors (Lipinski definition) is 1. The van der Waals surface area contributed by atoms with Crippen molar-refractivity contribution in [3.63, 3.8) is 0 Å². The second kappa shape index (κ2) is 6.44. The molecule has 0 saturated carbocycles. The van der Waals surface area contributed by atoms with Crippen LogP contribution in [0.4, 0.5) is 0 Å². The molecule has 2 nitrogen and oxygen atoms in total. The monoisotopic (exact) mass is 297 g/mol. The first-order valence-corrected chi connectivity index (χ1v) is 7.28. The molecule has 1 aliphatic heterocycles. The molecule has 0 bridgehead atoms. The van der Waals surface area contributed by atoms with Gasteiger partial charge in [-0.05, 0) is 44.4 Å². The van der Waals surface area contributed by atoms with E-state index in [-0.39, 0.29) is 5.91 Å². The van der Waals surface area contributed by atoms with E-state index >= 15 is 0 Å². The first-order valence-electron chi connectivity index (χ1n) is 6.52. The summed E-state index contributed by atoms with van der Waals surface area (Å²) in [4.78, 5) is 14.1. The summed E-state index contributed by atoms with van der Waals surface area (Å²) in [5, 5.41) is 1.12. The number of rotatable bonds is 2. The lowest BCUT2D eigenvalue weighted by Gasteiger charge is -2.32. The highest BCUT2D eigenvalue weighted by Crippen LogP contribution is 2.25. The lowest BCUT2D eigenvalue weighted by atomic mass is 10.0. The summed E-state index contributed by atoms with van der Waals surface area (Å²) in [6, 6.07) is 5.63. The van der Waals surface area contributed by atoms with Crippen molar-refractivity contribution in [2.75, 3.05) is 6.54 Å². The van der Waals surface area contributed by atoms with Gasteiger partial charge in [0.25, 0.3) is 0 Å². The molecule has 102 valence electrons. The number of amides is 1. The molecule has 1 fully saturated rings. The molecule has 1 heterocycles. The van der Waals surface area contributed by atoms with Gasteiger partial charge in [-0.2, -0.15) is 0 Å². The van der Waals surface area contributed by atoms with E-state index in [1.807, 2.05) is 4.90 Å². The smallest absolute Gasteiger partial charge is 0.246 e. The maximum atomic E-state index is 12.2. The Labute approximate surface area is 124 Å². The lowest BCUT2D eigenvalue weighted by molar-refractivity contribution is -0.129. The van der Waals surface area contributed by atoms with Crippen molar-refractivity contribution >= 4 is 35.2 Å². The van der Waals surface area contributed by atoms with Gasteiger partial charge >= 0.3 is 0 Å². The fourth-order valence-electron chi connectivity index (χ4n) is 2.35. The van der Waals surface area contributed by atoms with Gasteiger partial charge in [0.1, 0.15) is 0 Å². The summed E-state index contributed by atoms with van der Waals surface area (Å²) >= 11 is 12.1. The van der Waals surface area contributed by atoms with E-state index < -0.39 is 0 Å². The van der Waals surface area contributed by atoms with Crippen LogP contribution in [0.15, 0.2) is 24.3 Å². The Hall–Kier alpha value is -0.990. The Morgan fingerprint density at radius 2 is 2.00 bits per heavy atom. The first kappa shape index (κ1) is 14.4. The number of nitrogens with zero attached hydrogens (tertiary/aromatic N) is 1. The second-order valence-electron chi connectivity index (χ2n) is 4.85. The highest BCUT2D eigenvalue weighted by molar-refractivity contribution is 6.37. The molecule has 4 heteroatoms. The van der Waals surface area contributed by atoms with Crippen LogP contribution < -0.4 is 0 Å². The van der Waals surface area contributed by atoms with Crippen molar-refractivity contribution in [3.05, 3.63) is 39.9 Å². The van der Waals surface area contributed by atoms with Crippen molar-refractivity contribution in [2.24, 2.45) is 0 Å². The Bertz CT molecular complexity index is 479. The molecule has 2 rings (SSSR count). The quantitative estimate of drug-likeness (QED) is 0.741. The molecule has 1 saturated heterocycles. The minimum Gasteiger partial charge on any atom is -0.336 e. The molecule has 1 aromatic rings. The van der Waals surface area contributed by atoms with E-state index in [1.54, 1.807) is 30.4 Å². The third kappa shape index (κ3) is 3.52. The van der Waals surface area contributed by atoms with Crippen LogP contribution in [0.5, 0.6) is 0 Å². The summed E-state index contributed by atoms with van der Waals surface area (Å²) in [5.74, 6) is 0.0307. The number of carbonyl (C=O) groups is 1. The Morgan fingerprint density at radius 1 is 1.32 bits per heavy atom. The van der Waals surface area contributed by atoms with Crippen molar-refractivity contribution < 1.29 is 4.79 Å². The fraction of sp³-hybridized carbons (Fsp3) is 0.400. The summed E-state index contributed by atoms with van der Waals surface area (Å²) in [6.07, 6.45) is 6.62. The van der Waals surface area contributed by atoms with Crippen LogP contribution in [0.3, 0.4) is 0 Å². The van der Waals surface area contributed by atoms with Crippen molar-refractivity contribution in [1.29, 1.82) is 0 Å². The minimum atomic E-state index is 0.0307. The van der Waals surface area contributed by atoms with Crippen LogP contribution in [-0.4, -0.2) is 23.4 Å². The average molecular weight is 298 g/mol. The Morgan fingerprint density at radius 3 is 2.63 bits per heavy atom. The highest BCUT2D eigenvalue weighted by Gasteiger charge is 2.21. The predicted molar refractivity (Wildman–Crippen MR) is 80.5 cm³/mol. The molecular formula is C15H17Cl2NO. The van der Waals surface area contributed by atoms with Crippen LogP contribution in [0.25, 0.3) is 6.08 Å². The Balaban J connectivity index is 2.11. The van der Waals surface area contributed by atoms with Crippen molar-refractivity contribution in [3.8, 4) is 0 Å². The molecule has 0 radical (unpaired) electrons. The van der Waals surface area contributed by atoms with Gasteiger partial charge in [0.2, 0.25) is 5.91 Å². The van der Waals surface area contributed by atoms with Gasteiger partial charge in [-0.1, -0.05) is 29.3 Å². The van der Waals surface area contributed by atoms with Crippen LogP contribution in [0, 0.1) is 0 Å². The lowest BCUT2D eigenvalue weighted by Crippen LogP contribution is -2.41. The van der Waals surface area contributed by atoms with Crippen molar-refractivity contribution in [1.82, 2.24) is 4.90 Å². The maximum absolute atomic E-state index is 12.2. The van der Waals surface area contributed by atoms with E-state index in [2.05, 4.69) is 6.92 Å². The summed E-state index contributed by atoms with van der Waals surface area (Å²) < 4.78 is 0. The molecule has 0 spiro atoms. The molecule has 19 heavy (non-hydrogen) atoms.